The fourth-order valence-corrected chi connectivity index (χ4v) is 1.83. The molecule has 2 rings (SSSR count). The fourth-order valence-electron chi connectivity index (χ4n) is 1.83. The number of ether oxygens (including phenoxy) is 2. The average Bonchev–Trinajstić information content (AvgIpc) is 2.83. The molecule has 0 saturated heterocycles. The molecular formula is C14H19N3O2. The Kier molecular flexibility index (Phi) is 4.41. The van der Waals surface area contributed by atoms with Gasteiger partial charge in [0.25, 0.3) is 0 Å². The van der Waals surface area contributed by atoms with Crippen molar-refractivity contribution >= 4 is 0 Å². The molecule has 0 unspecified atom stereocenters. The van der Waals surface area contributed by atoms with Gasteiger partial charge in [-0.15, -0.1) is 0 Å². The summed E-state index contributed by atoms with van der Waals surface area (Å²) in [6.07, 6.45) is 3.63. The molecule has 0 radical (unpaired) electrons. The van der Waals surface area contributed by atoms with Crippen molar-refractivity contribution in [3.63, 3.8) is 0 Å². The van der Waals surface area contributed by atoms with Crippen LogP contribution < -0.4 is 15.2 Å². The zero-order valence-corrected chi connectivity index (χ0v) is 11.3. The van der Waals surface area contributed by atoms with Crippen LogP contribution in [-0.4, -0.2) is 16.2 Å². The topological polar surface area (TPSA) is 62.3 Å². The Bertz CT molecular complexity index is 537. The van der Waals surface area contributed by atoms with Crippen LogP contribution in [0.3, 0.4) is 0 Å². The summed E-state index contributed by atoms with van der Waals surface area (Å²) < 4.78 is 13.3. The number of para-hydroxylation sites is 1. The van der Waals surface area contributed by atoms with Crippen molar-refractivity contribution in [1.82, 2.24) is 9.55 Å². The molecule has 19 heavy (non-hydrogen) atoms. The van der Waals surface area contributed by atoms with Crippen molar-refractivity contribution in [3.8, 4) is 11.5 Å². The van der Waals surface area contributed by atoms with Crippen molar-refractivity contribution in [1.29, 1.82) is 0 Å². The van der Waals surface area contributed by atoms with Gasteiger partial charge in [0.05, 0.1) is 6.61 Å². The van der Waals surface area contributed by atoms with E-state index in [4.69, 9.17) is 15.2 Å². The van der Waals surface area contributed by atoms with Gasteiger partial charge in [-0.25, -0.2) is 4.98 Å². The molecule has 5 heteroatoms. The molecule has 0 saturated carbocycles. The molecule has 1 aromatic carbocycles. The predicted octanol–water partition coefficient (Wildman–Crippen LogP) is 1.86. The van der Waals surface area contributed by atoms with Gasteiger partial charge in [0.15, 0.2) is 11.5 Å². The van der Waals surface area contributed by atoms with Gasteiger partial charge in [-0.3, -0.25) is 0 Å². The van der Waals surface area contributed by atoms with Gasteiger partial charge in [0.1, 0.15) is 12.4 Å². The Balaban J connectivity index is 2.20. The molecule has 0 aliphatic heterocycles. The van der Waals surface area contributed by atoms with Gasteiger partial charge >= 0.3 is 0 Å². The van der Waals surface area contributed by atoms with Crippen molar-refractivity contribution < 1.29 is 9.47 Å². The first-order valence-corrected chi connectivity index (χ1v) is 6.30. The number of aryl methyl sites for hydroxylation is 1. The first kappa shape index (κ1) is 13.4. The van der Waals surface area contributed by atoms with Crippen LogP contribution in [-0.2, 0) is 20.2 Å². The number of rotatable bonds is 6. The number of nitrogens with two attached hydrogens (primary N) is 1. The van der Waals surface area contributed by atoms with E-state index >= 15 is 0 Å². The van der Waals surface area contributed by atoms with Crippen LogP contribution in [0, 0.1) is 0 Å². The summed E-state index contributed by atoms with van der Waals surface area (Å²) in [7, 11) is 1.93. The highest BCUT2D eigenvalue weighted by atomic mass is 16.5. The third kappa shape index (κ3) is 3.06. The normalized spacial score (nSPS) is 10.5. The highest BCUT2D eigenvalue weighted by Crippen LogP contribution is 2.31. The molecule has 2 aromatic rings. The predicted molar refractivity (Wildman–Crippen MR) is 73.0 cm³/mol. The standard InChI is InChI=1S/C14H19N3O2/c1-3-18-12-6-4-5-11(9-15)14(12)19-10-13-16-7-8-17(13)2/h4-8H,3,9-10,15H2,1-2H3. The monoisotopic (exact) mass is 261 g/mol. The summed E-state index contributed by atoms with van der Waals surface area (Å²) in [6.45, 7) is 3.34. The third-order valence-corrected chi connectivity index (χ3v) is 2.85. The Morgan fingerprint density at radius 3 is 2.79 bits per heavy atom. The summed E-state index contributed by atoms with van der Waals surface area (Å²) >= 11 is 0. The lowest BCUT2D eigenvalue weighted by molar-refractivity contribution is 0.258. The SMILES string of the molecule is CCOc1cccc(CN)c1OCc1nccn1C. The summed E-state index contributed by atoms with van der Waals surface area (Å²) in [5, 5.41) is 0. The lowest BCUT2D eigenvalue weighted by Crippen LogP contribution is -2.08. The van der Waals surface area contributed by atoms with Crippen LogP contribution >= 0.6 is 0 Å². The van der Waals surface area contributed by atoms with Crippen LogP contribution in [0.25, 0.3) is 0 Å². The summed E-state index contributed by atoms with van der Waals surface area (Å²) in [6, 6.07) is 5.74. The smallest absolute Gasteiger partial charge is 0.166 e. The summed E-state index contributed by atoms with van der Waals surface area (Å²) in [5.41, 5.74) is 6.67. The van der Waals surface area contributed by atoms with Crippen molar-refractivity contribution in [2.45, 2.75) is 20.1 Å². The molecule has 0 bridgehead atoms. The zero-order valence-electron chi connectivity index (χ0n) is 11.3. The van der Waals surface area contributed by atoms with E-state index in [0.29, 0.717) is 25.5 Å². The van der Waals surface area contributed by atoms with E-state index in [2.05, 4.69) is 4.98 Å². The number of hydrogen-bond acceptors (Lipinski definition) is 4. The van der Waals surface area contributed by atoms with Gasteiger partial charge in [-0.05, 0) is 13.0 Å². The maximum atomic E-state index is 5.85. The van der Waals surface area contributed by atoms with E-state index in [1.54, 1.807) is 6.20 Å². The highest BCUT2D eigenvalue weighted by molar-refractivity contribution is 5.46. The Morgan fingerprint density at radius 2 is 2.16 bits per heavy atom. The molecule has 0 aliphatic rings. The summed E-state index contributed by atoms with van der Waals surface area (Å²) in [4.78, 5) is 4.23. The van der Waals surface area contributed by atoms with Crippen LogP contribution in [0.4, 0.5) is 0 Å². The van der Waals surface area contributed by atoms with Crippen LogP contribution in [0.15, 0.2) is 30.6 Å². The number of nitrogens with zero attached hydrogens (tertiary/aromatic N) is 2. The molecule has 1 heterocycles. The molecule has 5 nitrogen and oxygen atoms in total. The molecule has 0 atom stereocenters. The van der Waals surface area contributed by atoms with Crippen molar-refractivity contribution in [3.05, 3.63) is 42.0 Å². The minimum Gasteiger partial charge on any atom is -0.490 e. The van der Waals surface area contributed by atoms with E-state index in [0.717, 1.165) is 17.1 Å². The Hall–Kier alpha value is -2.01. The van der Waals surface area contributed by atoms with E-state index in [9.17, 15) is 0 Å². The number of aromatic nitrogens is 2. The van der Waals surface area contributed by atoms with E-state index < -0.39 is 0 Å². The molecule has 0 spiro atoms. The Morgan fingerprint density at radius 1 is 1.32 bits per heavy atom. The number of imidazole rings is 1. The highest BCUT2D eigenvalue weighted by Gasteiger charge is 2.11. The van der Waals surface area contributed by atoms with Gasteiger partial charge < -0.3 is 19.8 Å². The minimum absolute atomic E-state index is 0.389. The second-order valence-electron chi connectivity index (χ2n) is 4.12. The number of benzene rings is 1. The van der Waals surface area contributed by atoms with E-state index in [-0.39, 0.29) is 0 Å². The van der Waals surface area contributed by atoms with E-state index in [1.165, 1.54) is 0 Å². The Labute approximate surface area is 113 Å². The van der Waals surface area contributed by atoms with Crippen LogP contribution in [0.1, 0.15) is 18.3 Å². The molecular weight excluding hydrogens is 242 g/mol. The third-order valence-electron chi connectivity index (χ3n) is 2.85. The maximum absolute atomic E-state index is 5.85. The molecule has 2 N–H and O–H groups in total. The van der Waals surface area contributed by atoms with Gasteiger partial charge in [0.2, 0.25) is 0 Å². The van der Waals surface area contributed by atoms with Crippen molar-refractivity contribution in [2.75, 3.05) is 6.61 Å². The van der Waals surface area contributed by atoms with Gasteiger partial charge in [-0.1, -0.05) is 12.1 Å². The molecule has 0 aliphatic carbocycles. The maximum Gasteiger partial charge on any atom is 0.166 e. The second-order valence-corrected chi connectivity index (χ2v) is 4.12. The van der Waals surface area contributed by atoms with E-state index in [1.807, 2.05) is 42.9 Å². The molecule has 0 fully saturated rings. The van der Waals surface area contributed by atoms with Gasteiger partial charge in [-0.2, -0.15) is 0 Å². The van der Waals surface area contributed by atoms with Crippen LogP contribution in [0.5, 0.6) is 11.5 Å². The second kappa shape index (κ2) is 6.24. The first-order valence-electron chi connectivity index (χ1n) is 6.30. The zero-order chi connectivity index (χ0) is 13.7. The molecule has 102 valence electrons. The number of hydrogen-bond donors (Lipinski definition) is 1. The van der Waals surface area contributed by atoms with Gasteiger partial charge in [0, 0.05) is 31.5 Å². The lowest BCUT2D eigenvalue weighted by atomic mass is 10.2. The van der Waals surface area contributed by atoms with Crippen molar-refractivity contribution in [2.24, 2.45) is 12.8 Å². The van der Waals surface area contributed by atoms with Crippen LogP contribution in [0.2, 0.25) is 0 Å². The fraction of sp³-hybridized carbons (Fsp3) is 0.357. The largest absolute Gasteiger partial charge is 0.490 e. The summed E-state index contributed by atoms with van der Waals surface area (Å²) in [5.74, 6) is 2.28. The molecule has 1 aromatic heterocycles. The minimum atomic E-state index is 0.389. The lowest BCUT2D eigenvalue weighted by Gasteiger charge is -2.15. The average molecular weight is 261 g/mol. The molecule has 0 amide bonds. The first-order chi connectivity index (χ1) is 9.26. The quantitative estimate of drug-likeness (QED) is 0.862.